The lowest BCUT2D eigenvalue weighted by atomic mass is 9.74. The molecule has 8 nitrogen and oxygen atoms in total. The molecule has 0 aliphatic heterocycles. The summed E-state index contributed by atoms with van der Waals surface area (Å²) < 4.78 is 31.6. The number of halogens is 2. The lowest BCUT2D eigenvalue weighted by molar-refractivity contribution is -0.143. The fourth-order valence-electron chi connectivity index (χ4n) is 4.24. The van der Waals surface area contributed by atoms with Crippen LogP contribution in [0.15, 0.2) is 46.9 Å². The van der Waals surface area contributed by atoms with Gasteiger partial charge >= 0.3 is 23.8 Å². The van der Waals surface area contributed by atoms with E-state index in [-0.39, 0.29) is 29.4 Å². The molecule has 0 radical (unpaired) electrons. The SMILES string of the molecule is C[C@H](C(=O)O)[C@H]1CC[C@H](c2ccc(NC(=O)c3nnc(Nc4ccc(F)c(F)c4)o3)cc2)CC1. The number of hydrogen-bond donors (Lipinski definition) is 3. The lowest BCUT2D eigenvalue weighted by Crippen LogP contribution is -2.24. The first kappa shape index (κ1) is 23.3. The highest BCUT2D eigenvalue weighted by molar-refractivity contribution is 6.00. The quantitative estimate of drug-likeness (QED) is 0.427. The molecule has 3 N–H and O–H groups in total. The maximum absolute atomic E-state index is 13.3. The second-order valence-corrected chi connectivity index (χ2v) is 8.48. The summed E-state index contributed by atoms with van der Waals surface area (Å²) in [7, 11) is 0. The highest BCUT2D eigenvalue weighted by Crippen LogP contribution is 2.39. The first-order valence-electron chi connectivity index (χ1n) is 11.0. The molecule has 10 heteroatoms. The number of carboxylic acids is 1. The normalized spacial score (nSPS) is 18.8. The van der Waals surface area contributed by atoms with Gasteiger partial charge in [-0.1, -0.05) is 24.2 Å². The molecule has 1 amide bonds. The first-order valence-corrected chi connectivity index (χ1v) is 11.0. The van der Waals surface area contributed by atoms with Gasteiger partial charge in [0, 0.05) is 17.4 Å². The van der Waals surface area contributed by atoms with Crippen LogP contribution < -0.4 is 10.6 Å². The topological polar surface area (TPSA) is 117 Å². The van der Waals surface area contributed by atoms with Crippen LogP contribution in [0.1, 0.15) is 54.8 Å². The Kier molecular flexibility index (Phi) is 6.85. The molecule has 0 unspecified atom stereocenters. The van der Waals surface area contributed by atoms with Crippen LogP contribution in [0.2, 0.25) is 0 Å². The minimum atomic E-state index is -1.03. The number of benzene rings is 2. The summed E-state index contributed by atoms with van der Waals surface area (Å²) in [6.07, 6.45) is 3.64. The minimum absolute atomic E-state index is 0.140. The molecular formula is C24H24F2N4O4. The van der Waals surface area contributed by atoms with E-state index in [1.165, 1.54) is 6.07 Å². The number of rotatable bonds is 7. The molecule has 0 bridgehead atoms. The van der Waals surface area contributed by atoms with E-state index in [0.717, 1.165) is 43.4 Å². The van der Waals surface area contributed by atoms with Crippen LogP contribution in [0.5, 0.6) is 0 Å². The largest absolute Gasteiger partial charge is 0.481 e. The Morgan fingerprint density at radius 3 is 2.32 bits per heavy atom. The molecule has 0 saturated heterocycles. The van der Waals surface area contributed by atoms with Crippen molar-refractivity contribution in [2.75, 3.05) is 10.6 Å². The van der Waals surface area contributed by atoms with Crippen molar-refractivity contribution in [2.45, 2.75) is 38.5 Å². The Balaban J connectivity index is 1.32. The van der Waals surface area contributed by atoms with Gasteiger partial charge in [0.05, 0.1) is 5.92 Å². The molecule has 1 fully saturated rings. The van der Waals surface area contributed by atoms with Crippen molar-refractivity contribution < 1.29 is 27.9 Å². The van der Waals surface area contributed by atoms with Crippen molar-refractivity contribution in [1.82, 2.24) is 10.2 Å². The summed E-state index contributed by atoms with van der Waals surface area (Å²) in [4.78, 5) is 23.6. The summed E-state index contributed by atoms with van der Waals surface area (Å²) in [5.41, 5.74) is 1.89. The summed E-state index contributed by atoms with van der Waals surface area (Å²) in [6.45, 7) is 1.77. The van der Waals surface area contributed by atoms with Gasteiger partial charge < -0.3 is 20.2 Å². The summed E-state index contributed by atoms with van der Waals surface area (Å²) in [5.74, 6) is -3.41. The van der Waals surface area contributed by atoms with Crippen LogP contribution >= 0.6 is 0 Å². The highest BCUT2D eigenvalue weighted by atomic mass is 19.2. The third-order valence-electron chi connectivity index (χ3n) is 6.30. The Labute approximate surface area is 194 Å². The number of nitrogens with one attached hydrogen (secondary N) is 2. The summed E-state index contributed by atoms with van der Waals surface area (Å²) >= 11 is 0. The summed E-state index contributed by atoms with van der Waals surface area (Å²) in [5, 5.41) is 21.9. The van der Waals surface area contributed by atoms with Crippen LogP contribution in [0, 0.1) is 23.5 Å². The van der Waals surface area contributed by atoms with Crippen molar-refractivity contribution in [3.05, 3.63) is 65.6 Å². The molecule has 3 aromatic rings. The van der Waals surface area contributed by atoms with E-state index < -0.39 is 23.5 Å². The van der Waals surface area contributed by atoms with E-state index in [2.05, 4.69) is 20.8 Å². The van der Waals surface area contributed by atoms with Crippen molar-refractivity contribution in [3.8, 4) is 0 Å². The van der Waals surface area contributed by atoms with Crippen LogP contribution in [0.25, 0.3) is 0 Å². The summed E-state index contributed by atoms with van der Waals surface area (Å²) in [6, 6.07) is 10.5. The van der Waals surface area contributed by atoms with Gasteiger partial charge in [0.2, 0.25) is 0 Å². The van der Waals surface area contributed by atoms with Crippen LogP contribution in [-0.4, -0.2) is 27.2 Å². The second kappa shape index (κ2) is 9.98. The van der Waals surface area contributed by atoms with Gasteiger partial charge in [-0.05, 0) is 67.3 Å². The first-order chi connectivity index (χ1) is 16.3. The van der Waals surface area contributed by atoms with Crippen LogP contribution in [0.4, 0.5) is 26.2 Å². The second-order valence-electron chi connectivity index (χ2n) is 8.48. The highest BCUT2D eigenvalue weighted by Gasteiger charge is 2.29. The molecule has 34 heavy (non-hydrogen) atoms. The third kappa shape index (κ3) is 5.38. The number of anilines is 3. The lowest BCUT2D eigenvalue weighted by Gasteiger charge is -2.31. The fraction of sp³-hybridized carbons (Fsp3) is 0.333. The molecule has 1 aromatic heterocycles. The molecule has 1 aliphatic rings. The number of aliphatic carboxylic acids is 1. The van der Waals surface area contributed by atoms with E-state index in [0.29, 0.717) is 11.6 Å². The Bertz CT molecular complexity index is 1170. The van der Waals surface area contributed by atoms with Crippen LogP contribution in [-0.2, 0) is 4.79 Å². The fourth-order valence-corrected chi connectivity index (χ4v) is 4.24. The number of carboxylic acid groups (broad SMARTS) is 1. The maximum Gasteiger partial charge on any atom is 0.320 e. The Morgan fingerprint density at radius 1 is 1.00 bits per heavy atom. The van der Waals surface area contributed by atoms with E-state index in [4.69, 9.17) is 4.42 Å². The van der Waals surface area contributed by atoms with Gasteiger partial charge in [-0.3, -0.25) is 9.59 Å². The monoisotopic (exact) mass is 470 g/mol. The van der Waals surface area contributed by atoms with E-state index in [1.54, 1.807) is 19.1 Å². The van der Waals surface area contributed by atoms with Gasteiger partial charge in [-0.15, -0.1) is 5.10 Å². The zero-order chi connectivity index (χ0) is 24.2. The molecule has 2 aromatic carbocycles. The van der Waals surface area contributed by atoms with E-state index >= 15 is 0 Å². The average Bonchev–Trinajstić information content (AvgIpc) is 3.30. The third-order valence-corrected chi connectivity index (χ3v) is 6.30. The zero-order valence-electron chi connectivity index (χ0n) is 18.4. The van der Waals surface area contributed by atoms with Crippen molar-refractivity contribution in [3.63, 3.8) is 0 Å². The minimum Gasteiger partial charge on any atom is -0.481 e. The zero-order valence-corrected chi connectivity index (χ0v) is 18.4. The van der Waals surface area contributed by atoms with E-state index in [9.17, 15) is 23.5 Å². The molecule has 178 valence electrons. The van der Waals surface area contributed by atoms with Gasteiger partial charge in [-0.2, -0.15) is 0 Å². The standard InChI is InChI=1S/C24H24F2N4O4/c1-13(23(32)33)14-2-4-15(5-3-14)16-6-8-17(9-7-16)27-21(31)22-29-30-24(34-22)28-18-10-11-19(25)20(26)12-18/h6-15H,2-5H2,1H3,(H,27,31)(H,28,30)(H,32,33)/t13-,14-,15-/m0/s1. The van der Waals surface area contributed by atoms with Gasteiger partial charge in [0.15, 0.2) is 11.6 Å². The molecule has 1 saturated carbocycles. The number of carbonyl (C=O) groups excluding carboxylic acids is 1. The molecule has 1 aliphatic carbocycles. The average molecular weight is 470 g/mol. The number of amides is 1. The Hall–Kier alpha value is -3.82. The molecule has 0 spiro atoms. The number of aromatic nitrogens is 2. The predicted molar refractivity (Wildman–Crippen MR) is 120 cm³/mol. The van der Waals surface area contributed by atoms with Crippen LogP contribution in [0.3, 0.4) is 0 Å². The predicted octanol–water partition coefficient (Wildman–Crippen LogP) is 5.34. The van der Waals surface area contributed by atoms with Crippen molar-refractivity contribution in [2.24, 2.45) is 11.8 Å². The van der Waals surface area contributed by atoms with Gasteiger partial charge in [0.25, 0.3) is 0 Å². The number of carbonyl (C=O) groups is 2. The smallest absolute Gasteiger partial charge is 0.320 e. The van der Waals surface area contributed by atoms with E-state index in [1.807, 2.05) is 12.1 Å². The molecular weight excluding hydrogens is 446 g/mol. The van der Waals surface area contributed by atoms with Crippen molar-refractivity contribution in [1.29, 1.82) is 0 Å². The van der Waals surface area contributed by atoms with Gasteiger partial charge in [-0.25, -0.2) is 8.78 Å². The molecule has 1 atom stereocenters. The maximum atomic E-state index is 13.3. The number of hydrogen-bond acceptors (Lipinski definition) is 6. The number of nitrogens with zero attached hydrogens (tertiary/aromatic N) is 2. The molecule has 4 rings (SSSR count). The Morgan fingerprint density at radius 2 is 1.68 bits per heavy atom. The molecule has 1 heterocycles. The van der Waals surface area contributed by atoms with Gasteiger partial charge in [0.1, 0.15) is 0 Å². The van der Waals surface area contributed by atoms with Crippen molar-refractivity contribution >= 4 is 29.3 Å².